The molecule has 2 rings (SSSR count). The summed E-state index contributed by atoms with van der Waals surface area (Å²) in [6.45, 7) is 8.16. The summed E-state index contributed by atoms with van der Waals surface area (Å²) >= 11 is 0. The van der Waals surface area contributed by atoms with Gasteiger partial charge in [0.2, 0.25) is 10.0 Å². The fourth-order valence-corrected chi connectivity index (χ4v) is 3.89. The van der Waals surface area contributed by atoms with Gasteiger partial charge in [-0.15, -0.1) is 0 Å². The minimum Gasteiger partial charge on any atom is -0.492 e. The fourth-order valence-electron chi connectivity index (χ4n) is 2.47. The van der Waals surface area contributed by atoms with Gasteiger partial charge in [0.25, 0.3) is 0 Å². The van der Waals surface area contributed by atoms with Gasteiger partial charge in [-0.2, -0.15) is 0 Å². The quantitative estimate of drug-likeness (QED) is 0.815. The molecule has 5 heteroatoms. The topological polar surface area (TPSA) is 55.4 Å². The van der Waals surface area contributed by atoms with Crippen LogP contribution in [0.5, 0.6) is 5.75 Å². The number of benzene rings is 2. The lowest BCUT2D eigenvalue weighted by Crippen LogP contribution is -2.27. The number of hydrogen-bond donors (Lipinski definition) is 1. The fraction of sp³-hybridized carbons (Fsp3) is 0.368. The number of sulfonamides is 1. The van der Waals surface area contributed by atoms with Crippen LogP contribution >= 0.6 is 0 Å². The second kappa shape index (κ2) is 7.81. The van der Waals surface area contributed by atoms with Crippen LogP contribution in [-0.4, -0.2) is 15.0 Å². The molecule has 0 aliphatic rings. The molecule has 0 aromatic heterocycles. The van der Waals surface area contributed by atoms with Crippen LogP contribution in [0.1, 0.15) is 50.8 Å². The van der Waals surface area contributed by atoms with Gasteiger partial charge < -0.3 is 4.74 Å². The van der Waals surface area contributed by atoms with Gasteiger partial charge >= 0.3 is 0 Å². The van der Waals surface area contributed by atoms with Gasteiger partial charge in [0.05, 0.1) is 6.61 Å². The van der Waals surface area contributed by atoms with Crippen molar-refractivity contribution in [2.24, 2.45) is 0 Å². The van der Waals surface area contributed by atoms with Gasteiger partial charge in [0.1, 0.15) is 10.6 Å². The lowest BCUT2D eigenvalue weighted by Gasteiger charge is -2.18. The Bertz CT molecular complexity index is 770. The summed E-state index contributed by atoms with van der Waals surface area (Å²) in [6, 6.07) is 14.5. The summed E-state index contributed by atoms with van der Waals surface area (Å²) in [7, 11) is -3.69. The highest BCUT2D eigenvalue weighted by molar-refractivity contribution is 7.89. The van der Waals surface area contributed by atoms with E-state index in [0.717, 1.165) is 11.1 Å². The van der Waals surface area contributed by atoms with Gasteiger partial charge in [-0.3, -0.25) is 0 Å². The maximum atomic E-state index is 12.9. The normalized spacial score (nSPS) is 13.0. The minimum atomic E-state index is -3.69. The second-order valence-corrected chi connectivity index (χ2v) is 7.73. The number of nitrogens with one attached hydrogen (secondary N) is 1. The minimum absolute atomic E-state index is 0.193. The van der Waals surface area contributed by atoms with Crippen LogP contribution in [0.15, 0.2) is 53.4 Å². The second-order valence-electron chi connectivity index (χ2n) is 6.05. The summed E-state index contributed by atoms with van der Waals surface area (Å²) in [6.07, 6.45) is 0. The van der Waals surface area contributed by atoms with Crippen LogP contribution in [0.4, 0.5) is 0 Å². The molecule has 1 N–H and O–H groups in total. The zero-order valence-corrected chi connectivity index (χ0v) is 15.4. The van der Waals surface area contributed by atoms with Crippen LogP contribution in [0.25, 0.3) is 0 Å². The zero-order chi connectivity index (χ0) is 17.7. The van der Waals surface area contributed by atoms with E-state index in [1.54, 1.807) is 12.1 Å². The summed E-state index contributed by atoms with van der Waals surface area (Å²) in [5.41, 5.74) is 1.88. The largest absolute Gasteiger partial charge is 0.492 e. The van der Waals surface area contributed by atoms with E-state index < -0.39 is 10.0 Å². The first-order valence-electron chi connectivity index (χ1n) is 8.19. The van der Waals surface area contributed by atoms with E-state index in [1.807, 2.05) is 64.1 Å². The molecule has 0 heterocycles. The summed E-state index contributed by atoms with van der Waals surface area (Å²) in [5.74, 6) is 0.621. The van der Waals surface area contributed by atoms with Crippen molar-refractivity contribution in [2.45, 2.75) is 44.6 Å². The highest BCUT2D eigenvalue weighted by Gasteiger charge is 2.23. The predicted molar refractivity (Wildman–Crippen MR) is 96.9 cm³/mol. The highest BCUT2D eigenvalue weighted by atomic mass is 32.2. The van der Waals surface area contributed by atoms with Gasteiger partial charge in [-0.25, -0.2) is 13.1 Å². The molecule has 24 heavy (non-hydrogen) atoms. The Morgan fingerprint density at radius 3 is 2.25 bits per heavy atom. The third-order valence-corrected chi connectivity index (χ3v) is 5.42. The maximum absolute atomic E-state index is 12.9. The molecule has 130 valence electrons. The van der Waals surface area contributed by atoms with E-state index in [1.165, 1.54) is 0 Å². The molecule has 0 amide bonds. The lowest BCUT2D eigenvalue weighted by molar-refractivity contribution is 0.330. The highest BCUT2D eigenvalue weighted by Crippen LogP contribution is 2.29. The van der Waals surface area contributed by atoms with Crippen molar-refractivity contribution in [1.29, 1.82) is 0 Å². The van der Waals surface area contributed by atoms with Crippen LogP contribution < -0.4 is 9.46 Å². The number of rotatable bonds is 7. The predicted octanol–water partition coefficient (Wildman–Crippen LogP) is 4.25. The van der Waals surface area contributed by atoms with Crippen molar-refractivity contribution in [3.05, 3.63) is 59.7 Å². The maximum Gasteiger partial charge on any atom is 0.244 e. The van der Waals surface area contributed by atoms with Gasteiger partial charge in [-0.05, 0) is 43.0 Å². The Morgan fingerprint density at radius 1 is 1.00 bits per heavy atom. The Morgan fingerprint density at radius 2 is 1.67 bits per heavy atom. The Labute approximate surface area is 144 Å². The van der Waals surface area contributed by atoms with Crippen molar-refractivity contribution in [3.8, 4) is 5.75 Å². The molecular weight excluding hydrogens is 322 g/mol. The molecule has 4 nitrogen and oxygen atoms in total. The third-order valence-electron chi connectivity index (χ3n) is 3.86. The Balaban J connectivity index is 2.38. The monoisotopic (exact) mass is 347 g/mol. The van der Waals surface area contributed by atoms with Crippen LogP contribution in [-0.2, 0) is 10.0 Å². The average Bonchev–Trinajstić information content (AvgIpc) is 2.55. The van der Waals surface area contributed by atoms with Gasteiger partial charge in [-0.1, -0.05) is 50.2 Å². The number of hydrogen-bond acceptors (Lipinski definition) is 3. The van der Waals surface area contributed by atoms with E-state index in [2.05, 4.69) is 4.72 Å². The van der Waals surface area contributed by atoms with Crippen molar-refractivity contribution < 1.29 is 13.2 Å². The molecule has 0 saturated heterocycles. The molecule has 0 saturated carbocycles. The van der Waals surface area contributed by atoms with E-state index >= 15 is 0 Å². The van der Waals surface area contributed by atoms with Crippen molar-refractivity contribution in [3.63, 3.8) is 0 Å². The van der Waals surface area contributed by atoms with Crippen molar-refractivity contribution in [2.75, 3.05) is 6.61 Å². The van der Waals surface area contributed by atoms with Crippen molar-refractivity contribution >= 4 is 10.0 Å². The number of ether oxygens (including phenoxy) is 1. The molecule has 2 aromatic rings. The van der Waals surface area contributed by atoms with Crippen LogP contribution in [0.3, 0.4) is 0 Å². The third kappa shape index (κ3) is 4.36. The molecule has 0 radical (unpaired) electrons. The molecule has 1 atom stereocenters. The SMILES string of the molecule is CCOc1ccc(C(C)C)cc1S(=O)(=O)NC(C)c1ccccc1. The first kappa shape index (κ1) is 18.5. The smallest absolute Gasteiger partial charge is 0.244 e. The summed E-state index contributed by atoms with van der Waals surface area (Å²) in [4.78, 5) is 0.193. The van der Waals surface area contributed by atoms with Gasteiger partial charge in [0, 0.05) is 6.04 Å². The Kier molecular flexibility index (Phi) is 6.02. The molecule has 2 aromatic carbocycles. The molecular formula is C19H25NO3S. The molecule has 0 spiro atoms. The van der Waals surface area contributed by atoms with Crippen molar-refractivity contribution in [1.82, 2.24) is 4.72 Å². The molecule has 0 aliphatic heterocycles. The van der Waals surface area contributed by atoms with E-state index in [9.17, 15) is 8.42 Å². The average molecular weight is 347 g/mol. The molecule has 0 aliphatic carbocycles. The van der Waals surface area contributed by atoms with Gasteiger partial charge in [0.15, 0.2) is 0 Å². The first-order chi connectivity index (χ1) is 11.3. The van der Waals surface area contributed by atoms with Crippen LogP contribution in [0.2, 0.25) is 0 Å². The van der Waals surface area contributed by atoms with E-state index in [-0.39, 0.29) is 16.9 Å². The van der Waals surface area contributed by atoms with E-state index in [4.69, 9.17) is 4.74 Å². The van der Waals surface area contributed by atoms with E-state index in [0.29, 0.717) is 12.4 Å². The van der Waals surface area contributed by atoms with Crippen LogP contribution in [0, 0.1) is 0 Å². The summed E-state index contributed by atoms with van der Waals surface area (Å²) in [5, 5.41) is 0. The summed E-state index contributed by atoms with van der Waals surface area (Å²) < 4.78 is 34.1. The molecule has 0 fully saturated rings. The first-order valence-corrected chi connectivity index (χ1v) is 9.67. The molecule has 1 unspecified atom stereocenters. The standard InChI is InChI=1S/C19H25NO3S/c1-5-23-18-12-11-17(14(2)3)13-19(18)24(21,22)20-15(4)16-9-7-6-8-10-16/h6-15,20H,5H2,1-4H3. The Hall–Kier alpha value is -1.85. The molecule has 0 bridgehead atoms. The lowest BCUT2D eigenvalue weighted by atomic mass is 10.0. The zero-order valence-electron chi connectivity index (χ0n) is 14.6.